The quantitative estimate of drug-likeness (QED) is 0.674. The van der Waals surface area contributed by atoms with Crippen molar-refractivity contribution in [3.63, 3.8) is 0 Å². The zero-order chi connectivity index (χ0) is 10.9. The van der Waals surface area contributed by atoms with Crippen LogP contribution in [0.1, 0.15) is 13.8 Å². The van der Waals surface area contributed by atoms with Crippen LogP contribution in [0.2, 0.25) is 0 Å². The summed E-state index contributed by atoms with van der Waals surface area (Å²) in [6.07, 6.45) is -4.61. The molecule has 0 aliphatic rings. The second-order valence-corrected chi connectivity index (χ2v) is 3.04. The third-order valence-corrected chi connectivity index (χ3v) is 1.34. The van der Waals surface area contributed by atoms with E-state index in [-0.39, 0.29) is 0 Å². The van der Waals surface area contributed by atoms with Crippen molar-refractivity contribution in [1.29, 1.82) is 0 Å². The van der Waals surface area contributed by atoms with Gasteiger partial charge in [-0.3, -0.25) is 4.79 Å². The average molecular weight is 198 g/mol. The van der Waals surface area contributed by atoms with E-state index in [0.29, 0.717) is 0 Å². The zero-order valence-electron chi connectivity index (χ0n) is 7.31. The summed E-state index contributed by atoms with van der Waals surface area (Å²) < 4.78 is 40.5. The van der Waals surface area contributed by atoms with Crippen LogP contribution in [0.15, 0.2) is 0 Å². The highest BCUT2D eigenvalue weighted by Gasteiger charge is 2.51. The Bertz CT molecular complexity index is 198. The van der Waals surface area contributed by atoms with Gasteiger partial charge in [-0.1, -0.05) is 0 Å². The van der Waals surface area contributed by atoms with Gasteiger partial charge in [-0.05, 0) is 20.8 Å². The van der Waals surface area contributed by atoms with Gasteiger partial charge >= 0.3 is 12.1 Å². The first-order chi connectivity index (χ1) is 5.58. The molecular weight excluding hydrogens is 187 g/mol. The van der Waals surface area contributed by atoms with E-state index < -0.39 is 23.8 Å². The molecule has 6 heteroatoms. The van der Waals surface area contributed by atoms with Crippen molar-refractivity contribution in [2.75, 3.05) is 0 Å². The summed E-state index contributed by atoms with van der Waals surface area (Å²) in [5, 5.41) is 0. The molecule has 0 amide bonds. The molecule has 2 N–H and O–H groups in total. The predicted octanol–water partition coefficient (Wildman–Crippen LogP) is 1.03. The second-order valence-electron chi connectivity index (χ2n) is 3.04. The summed E-state index contributed by atoms with van der Waals surface area (Å²) in [5.41, 5.74) is 2.41. The largest absolute Gasteiger partial charge is 0.449 e. The number of nitrogens with two attached hydrogens (primary N) is 1. The molecule has 1 atom stereocenters. The van der Waals surface area contributed by atoms with Crippen molar-refractivity contribution in [2.45, 2.75) is 31.7 Å². The maximum Gasteiger partial charge on any atom is 0.427 e. The molecule has 1 unspecified atom stereocenters. The summed E-state index contributed by atoms with van der Waals surface area (Å²) >= 11 is 0. The minimum absolute atomic E-state index is 0.743. The van der Waals surface area contributed by atoms with E-state index in [9.17, 15) is 18.0 Å². The van der Waals surface area contributed by atoms with Gasteiger partial charge < -0.3 is 10.5 Å². The number of ether oxygens (including phenoxy) is 1. The maximum atomic E-state index is 12.1. The van der Waals surface area contributed by atoms with E-state index in [1.807, 2.05) is 0 Å². The predicted molar refractivity (Wildman–Crippen MR) is 39.6 cm³/mol. The van der Waals surface area contributed by atoms with E-state index in [4.69, 9.17) is 5.73 Å². The summed E-state index contributed by atoms with van der Waals surface area (Å²) in [5.74, 6) is -1.18. The Morgan fingerprint density at radius 1 is 1.46 bits per heavy atom. The number of carbonyl (C=O) groups is 1. The second kappa shape index (κ2) is 3.53. The Morgan fingerprint density at radius 3 is 2.08 bits per heavy atom. The minimum Gasteiger partial charge on any atom is -0.449 e. The lowest BCUT2D eigenvalue weighted by Gasteiger charge is -2.28. The molecule has 0 aliphatic carbocycles. The van der Waals surface area contributed by atoms with Gasteiger partial charge in [0.05, 0.1) is 0 Å². The number of rotatable bonds is 2. The molecule has 0 aromatic rings. The van der Waals surface area contributed by atoms with Gasteiger partial charge in [0, 0.05) is 0 Å². The van der Waals surface area contributed by atoms with Gasteiger partial charge in [-0.15, -0.1) is 0 Å². The van der Waals surface area contributed by atoms with Gasteiger partial charge in [-0.25, -0.2) is 0 Å². The molecular formula is C7H11F3NO2. The summed E-state index contributed by atoms with van der Waals surface area (Å²) in [6, 6.07) is -1.30. The van der Waals surface area contributed by atoms with Crippen LogP contribution in [0.5, 0.6) is 0 Å². The first-order valence-corrected chi connectivity index (χ1v) is 3.46. The topological polar surface area (TPSA) is 52.3 Å². The van der Waals surface area contributed by atoms with Crippen LogP contribution < -0.4 is 5.73 Å². The summed E-state index contributed by atoms with van der Waals surface area (Å²) in [6.45, 7) is 4.53. The Morgan fingerprint density at radius 2 is 1.85 bits per heavy atom. The fraction of sp³-hybridized carbons (Fsp3) is 0.714. The van der Waals surface area contributed by atoms with Gasteiger partial charge in [0.15, 0.2) is 0 Å². The number of halogens is 3. The maximum absolute atomic E-state index is 12.1. The van der Waals surface area contributed by atoms with E-state index in [1.54, 1.807) is 0 Å². The molecule has 0 saturated heterocycles. The summed E-state index contributed by atoms with van der Waals surface area (Å²) in [7, 11) is 0. The van der Waals surface area contributed by atoms with Crippen molar-refractivity contribution in [3.8, 4) is 0 Å². The molecule has 77 valence electrons. The van der Waals surface area contributed by atoms with Gasteiger partial charge in [0.1, 0.15) is 6.04 Å². The Hall–Kier alpha value is -0.780. The van der Waals surface area contributed by atoms with Crippen molar-refractivity contribution in [1.82, 2.24) is 0 Å². The molecule has 0 aliphatic heterocycles. The highest BCUT2D eigenvalue weighted by atomic mass is 19.4. The van der Waals surface area contributed by atoms with Crippen LogP contribution in [0.4, 0.5) is 13.2 Å². The number of alkyl halides is 3. The van der Waals surface area contributed by atoms with Gasteiger partial charge in [0.2, 0.25) is 5.60 Å². The van der Waals surface area contributed by atoms with Crippen LogP contribution in [0.3, 0.4) is 0 Å². The standard InChI is InChI=1S/C7H11F3NO2/c1-4(11)5(12)13-6(2,3)7(8,9)10/h4H,1,11H2,2-3H3. The molecule has 0 rings (SSSR count). The van der Waals surface area contributed by atoms with E-state index >= 15 is 0 Å². The molecule has 3 nitrogen and oxygen atoms in total. The molecule has 0 aromatic carbocycles. The molecule has 13 heavy (non-hydrogen) atoms. The SMILES string of the molecule is [CH2]C(N)C(=O)OC(C)(C)C(F)(F)F. The molecule has 0 aromatic heterocycles. The van der Waals surface area contributed by atoms with Crippen LogP contribution in [0.25, 0.3) is 0 Å². The first kappa shape index (κ1) is 12.2. The summed E-state index contributed by atoms with van der Waals surface area (Å²) in [4.78, 5) is 10.7. The third-order valence-electron chi connectivity index (χ3n) is 1.34. The van der Waals surface area contributed by atoms with Crippen molar-refractivity contribution < 1.29 is 22.7 Å². The monoisotopic (exact) mass is 198 g/mol. The lowest BCUT2D eigenvalue weighted by molar-refractivity contribution is -0.257. The molecule has 0 heterocycles. The van der Waals surface area contributed by atoms with Crippen LogP contribution in [-0.4, -0.2) is 23.8 Å². The fourth-order valence-electron chi connectivity index (χ4n) is 0.385. The van der Waals surface area contributed by atoms with Crippen molar-refractivity contribution in [3.05, 3.63) is 6.92 Å². The van der Waals surface area contributed by atoms with Gasteiger partial charge in [0.25, 0.3) is 0 Å². The zero-order valence-corrected chi connectivity index (χ0v) is 7.31. The van der Waals surface area contributed by atoms with E-state index in [1.165, 1.54) is 0 Å². The molecule has 0 bridgehead atoms. The van der Waals surface area contributed by atoms with Crippen molar-refractivity contribution >= 4 is 5.97 Å². The van der Waals surface area contributed by atoms with Crippen LogP contribution >= 0.6 is 0 Å². The highest BCUT2D eigenvalue weighted by molar-refractivity contribution is 5.76. The lowest BCUT2D eigenvalue weighted by atomic mass is 10.1. The number of esters is 1. The lowest BCUT2D eigenvalue weighted by Crippen LogP contribution is -2.46. The Balaban J connectivity index is 4.44. The Labute approximate surface area is 74.0 Å². The van der Waals surface area contributed by atoms with E-state index in [0.717, 1.165) is 13.8 Å². The number of carbonyl (C=O) groups excluding carboxylic acids is 1. The fourth-order valence-corrected chi connectivity index (χ4v) is 0.385. The van der Waals surface area contributed by atoms with Crippen LogP contribution in [0, 0.1) is 6.92 Å². The first-order valence-electron chi connectivity index (χ1n) is 3.46. The average Bonchev–Trinajstić information content (AvgIpc) is 1.83. The minimum atomic E-state index is -4.61. The van der Waals surface area contributed by atoms with Crippen LogP contribution in [-0.2, 0) is 9.53 Å². The molecule has 0 spiro atoms. The highest BCUT2D eigenvalue weighted by Crippen LogP contribution is 2.32. The molecule has 0 fully saturated rings. The van der Waals surface area contributed by atoms with E-state index in [2.05, 4.69) is 11.7 Å². The number of hydrogen-bond donors (Lipinski definition) is 1. The third kappa shape index (κ3) is 3.22. The van der Waals surface area contributed by atoms with Gasteiger partial charge in [-0.2, -0.15) is 13.2 Å². The normalized spacial score (nSPS) is 15.3. The molecule has 1 radical (unpaired) electrons. The molecule has 0 saturated carbocycles. The number of hydrogen-bond acceptors (Lipinski definition) is 3. The Kier molecular flexibility index (Phi) is 3.32. The van der Waals surface area contributed by atoms with Crippen molar-refractivity contribution in [2.24, 2.45) is 5.73 Å². The smallest absolute Gasteiger partial charge is 0.427 e.